The van der Waals surface area contributed by atoms with Gasteiger partial charge in [0.25, 0.3) is 0 Å². The largest absolute Gasteiger partial charge is 0.462 e. The maximum atomic E-state index is 11.7. The zero-order valence-electron chi connectivity index (χ0n) is 11.2. The predicted octanol–water partition coefficient (Wildman–Crippen LogP) is 4.10. The second-order valence-corrected chi connectivity index (χ2v) is 4.49. The standard InChI is InChI=1S/C14H26O2/c1-5-7-8-9-10-16-14(15)13(6-2)11-12(3)4/h11-12H,5-10H2,1-4H3. The molecule has 0 saturated heterocycles. The van der Waals surface area contributed by atoms with Crippen molar-refractivity contribution in [2.75, 3.05) is 6.61 Å². The van der Waals surface area contributed by atoms with Gasteiger partial charge < -0.3 is 4.74 Å². The zero-order chi connectivity index (χ0) is 12.4. The van der Waals surface area contributed by atoms with Crippen LogP contribution in [0.15, 0.2) is 11.6 Å². The van der Waals surface area contributed by atoms with Gasteiger partial charge in [-0.1, -0.05) is 53.0 Å². The van der Waals surface area contributed by atoms with Crippen LogP contribution in [0.25, 0.3) is 0 Å². The molecule has 0 rings (SSSR count). The lowest BCUT2D eigenvalue weighted by Gasteiger charge is -2.07. The fourth-order valence-electron chi connectivity index (χ4n) is 1.52. The van der Waals surface area contributed by atoms with Crippen molar-refractivity contribution in [2.45, 2.75) is 59.8 Å². The first kappa shape index (κ1) is 15.2. The number of ether oxygens (including phenoxy) is 1. The van der Waals surface area contributed by atoms with Crippen molar-refractivity contribution >= 4 is 5.97 Å². The molecular formula is C14H26O2. The molecule has 0 aliphatic heterocycles. The molecule has 2 heteroatoms. The highest BCUT2D eigenvalue weighted by Crippen LogP contribution is 2.09. The summed E-state index contributed by atoms with van der Waals surface area (Å²) in [5.74, 6) is 0.273. The summed E-state index contributed by atoms with van der Waals surface area (Å²) in [5, 5.41) is 0. The Morgan fingerprint density at radius 2 is 1.88 bits per heavy atom. The van der Waals surface area contributed by atoms with Crippen LogP contribution in [-0.2, 0) is 9.53 Å². The maximum Gasteiger partial charge on any atom is 0.333 e. The van der Waals surface area contributed by atoms with Gasteiger partial charge in [-0.2, -0.15) is 0 Å². The van der Waals surface area contributed by atoms with Gasteiger partial charge in [-0.15, -0.1) is 0 Å². The van der Waals surface area contributed by atoms with Crippen LogP contribution >= 0.6 is 0 Å². The highest BCUT2D eigenvalue weighted by Gasteiger charge is 2.08. The lowest BCUT2D eigenvalue weighted by atomic mass is 10.1. The maximum absolute atomic E-state index is 11.7. The second-order valence-electron chi connectivity index (χ2n) is 4.49. The molecule has 0 atom stereocenters. The molecule has 0 aromatic carbocycles. The van der Waals surface area contributed by atoms with Gasteiger partial charge in [-0.25, -0.2) is 4.79 Å². The first-order valence-corrected chi connectivity index (χ1v) is 6.49. The van der Waals surface area contributed by atoms with E-state index in [1.54, 1.807) is 0 Å². The summed E-state index contributed by atoms with van der Waals surface area (Å²) in [6.45, 7) is 8.88. The van der Waals surface area contributed by atoms with Gasteiger partial charge in [0.2, 0.25) is 0 Å². The SMILES string of the molecule is CCCCCCOC(=O)C(=CC(C)C)CC. The number of rotatable bonds is 8. The van der Waals surface area contributed by atoms with Gasteiger partial charge in [-0.05, 0) is 18.8 Å². The fraction of sp³-hybridized carbons (Fsp3) is 0.786. The molecule has 0 radical (unpaired) electrons. The van der Waals surface area contributed by atoms with E-state index in [2.05, 4.69) is 20.8 Å². The van der Waals surface area contributed by atoms with E-state index in [-0.39, 0.29) is 5.97 Å². The van der Waals surface area contributed by atoms with Gasteiger partial charge in [-0.3, -0.25) is 0 Å². The summed E-state index contributed by atoms with van der Waals surface area (Å²) in [7, 11) is 0. The quantitative estimate of drug-likeness (QED) is 0.354. The first-order valence-electron chi connectivity index (χ1n) is 6.49. The van der Waals surface area contributed by atoms with Gasteiger partial charge in [0.1, 0.15) is 0 Å². The van der Waals surface area contributed by atoms with Gasteiger partial charge in [0, 0.05) is 5.57 Å². The molecule has 0 N–H and O–H groups in total. The lowest BCUT2D eigenvalue weighted by Crippen LogP contribution is -2.09. The Bertz CT molecular complexity index is 217. The van der Waals surface area contributed by atoms with E-state index in [0.29, 0.717) is 12.5 Å². The molecule has 0 heterocycles. The number of hydrogen-bond donors (Lipinski definition) is 0. The highest BCUT2D eigenvalue weighted by atomic mass is 16.5. The average molecular weight is 226 g/mol. The van der Waals surface area contributed by atoms with Gasteiger partial charge in [0.15, 0.2) is 0 Å². The Labute approximate surface area is 100 Å². The van der Waals surface area contributed by atoms with Crippen LogP contribution < -0.4 is 0 Å². The van der Waals surface area contributed by atoms with Crippen molar-refractivity contribution in [3.8, 4) is 0 Å². The summed E-state index contributed by atoms with van der Waals surface area (Å²) < 4.78 is 5.24. The molecular weight excluding hydrogens is 200 g/mol. The van der Waals surface area contributed by atoms with Gasteiger partial charge in [0.05, 0.1) is 6.61 Å². The molecule has 16 heavy (non-hydrogen) atoms. The number of esters is 1. The minimum Gasteiger partial charge on any atom is -0.462 e. The minimum absolute atomic E-state index is 0.132. The van der Waals surface area contributed by atoms with Crippen molar-refractivity contribution in [3.63, 3.8) is 0 Å². The second kappa shape index (κ2) is 9.44. The molecule has 0 aliphatic carbocycles. The van der Waals surface area contributed by atoms with Crippen LogP contribution in [0.3, 0.4) is 0 Å². The van der Waals surface area contributed by atoms with E-state index in [1.807, 2.05) is 13.0 Å². The number of hydrogen-bond acceptors (Lipinski definition) is 2. The molecule has 0 spiro atoms. The van der Waals surface area contributed by atoms with Crippen LogP contribution in [0.1, 0.15) is 59.8 Å². The van der Waals surface area contributed by atoms with Gasteiger partial charge >= 0.3 is 5.97 Å². The number of carbonyl (C=O) groups is 1. The van der Waals surface area contributed by atoms with Crippen LogP contribution in [0.5, 0.6) is 0 Å². The monoisotopic (exact) mass is 226 g/mol. The zero-order valence-corrected chi connectivity index (χ0v) is 11.2. The Morgan fingerprint density at radius 3 is 2.38 bits per heavy atom. The number of unbranched alkanes of at least 4 members (excludes halogenated alkanes) is 3. The van der Waals surface area contributed by atoms with Crippen LogP contribution in [0, 0.1) is 5.92 Å². The van der Waals surface area contributed by atoms with E-state index >= 15 is 0 Å². The Hall–Kier alpha value is -0.790. The molecule has 0 amide bonds. The number of carbonyl (C=O) groups excluding carboxylic acids is 1. The molecule has 0 unspecified atom stereocenters. The van der Waals surface area contributed by atoms with Crippen LogP contribution in [0.2, 0.25) is 0 Å². The Balaban J connectivity index is 3.85. The lowest BCUT2D eigenvalue weighted by molar-refractivity contribution is -0.139. The molecule has 94 valence electrons. The normalized spacial score (nSPS) is 11.9. The first-order chi connectivity index (χ1) is 7.61. The summed E-state index contributed by atoms with van der Waals surface area (Å²) in [6.07, 6.45) is 7.32. The van der Waals surface area contributed by atoms with E-state index in [1.165, 1.54) is 12.8 Å². The fourth-order valence-corrected chi connectivity index (χ4v) is 1.52. The van der Waals surface area contributed by atoms with E-state index in [0.717, 1.165) is 24.8 Å². The van der Waals surface area contributed by atoms with E-state index in [4.69, 9.17) is 4.74 Å². The van der Waals surface area contributed by atoms with Crippen molar-refractivity contribution in [2.24, 2.45) is 5.92 Å². The molecule has 2 nitrogen and oxygen atoms in total. The molecule has 0 bridgehead atoms. The molecule has 0 fully saturated rings. The average Bonchev–Trinajstić information content (AvgIpc) is 2.25. The van der Waals surface area contributed by atoms with E-state index in [9.17, 15) is 4.79 Å². The van der Waals surface area contributed by atoms with E-state index < -0.39 is 0 Å². The van der Waals surface area contributed by atoms with Crippen molar-refractivity contribution in [1.82, 2.24) is 0 Å². The molecule has 0 aromatic rings. The highest BCUT2D eigenvalue weighted by molar-refractivity contribution is 5.88. The smallest absolute Gasteiger partial charge is 0.333 e. The minimum atomic E-state index is -0.132. The van der Waals surface area contributed by atoms with Crippen molar-refractivity contribution < 1.29 is 9.53 Å². The Morgan fingerprint density at radius 1 is 1.19 bits per heavy atom. The van der Waals surface area contributed by atoms with Crippen LogP contribution in [0.4, 0.5) is 0 Å². The van der Waals surface area contributed by atoms with Crippen molar-refractivity contribution in [3.05, 3.63) is 11.6 Å². The topological polar surface area (TPSA) is 26.3 Å². The number of allylic oxidation sites excluding steroid dienone is 1. The predicted molar refractivity (Wildman–Crippen MR) is 68.3 cm³/mol. The summed E-state index contributed by atoms with van der Waals surface area (Å²) >= 11 is 0. The van der Waals surface area contributed by atoms with Crippen molar-refractivity contribution in [1.29, 1.82) is 0 Å². The Kier molecular flexibility index (Phi) is 8.97. The molecule has 0 aliphatic rings. The molecule has 0 aromatic heterocycles. The summed E-state index contributed by atoms with van der Waals surface area (Å²) in [4.78, 5) is 11.7. The summed E-state index contributed by atoms with van der Waals surface area (Å²) in [6, 6.07) is 0. The summed E-state index contributed by atoms with van der Waals surface area (Å²) in [5.41, 5.74) is 0.811. The molecule has 0 saturated carbocycles. The third-order valence-electron chi connectivity index (χ3n) is 2.41. The third kappa shape index (κ3) is 7.49. The third-order valence-corrected chi connectivity index (χ3v) is 2.41. The van der Waals surface area contributed by atoms with Crippen LogP contribution in [-0.4, -0.2) is 12.6 Å².